The summed E-state index contributed by atoms with van der Waals surface area (Å²) in [6.45, 7) is 0. The molecule has 0 fully saturated rings. The average molecular weight is 293 g/mol. The summed E-state index contributed by atoms with van der Waals surface area (Å²) in [4.78, 5) is 7.58. The number of rotatable bonds is 2. The Hall–Kier alpha value is -0.910. The number of aromatic nitrogens is 2. The lowest BCUT2D eigenvalue weighted by molar-refractivity contribution is 0.577. The van der Waals surface area contributed by atoms with Gasteiger partial charge in [0.1, 0.15) is 16.7 Å². The minimum atomic E-state index is -0.554. The van der Waals surface area contributed by atoms with Gasteiger partial charge in [-0.05, 0) is 29.8 Å². The number of hydrogen-bond acceptors (Lipinski definition) is 3. The summed E-state index contributed by atoms with van der Waals surface area (Å²) >= 11 is 12.3. The summed E-state index contributed by atoms with van der Waals surface area (Å²) in [5.41, 5.74) is 0. The highest BCUT2D eigenvalue weighted by Gasteiger charge is 2.11. The molecule has 1 heterocycles. The highest BCUT2D eigenvalue weighted by Crippen LogP contribution is 2.33. The van der Waals surface area contributed by atoms with E-state index in [4.69, 9.17) is 23.2 Å². The Kier molecular flexibility index (Phi) is 3.81. The molecular formula is C10H4Cl2F2N2S. The number of benzene rings is 1. The fraction of sp³-hybridized carbons (Fsp3) is 0. The normalized spacial score (nSPS) is 10.6. The highest BCUT2D eigenvalue weighted by molar-refractivity contribution is 7.99. The molecule has 7 heteroatoms. The topological polar surface area (TPSA) is 25.8 Å². The first-order chi connectivity index (χ1) is 8.06. The fourth-order valence-corrected chi connectivity index (χ4v) is 2.28. The molecule has 0 aliphatic heterocycles. The van der Waals surface area contributed by atoms with Crippen LogP contribution in [0.5, 0.6) is 0 Å². The molecule has 0 amide bonds. The van der Waals surface area contributed by atoms with Crippen molar-refractivity contribution < 1.29 is 8.78 Å². The number of halogens is 4. The Morgan fingerprint density at radius 2 is 1.94 bits per heavy atom. The van der Waals surface area contributed by atoms with E-state index < -0.39 is 11.6 Å². The maximum atomic E-state index is 13.4. The monoisotopic (exact) mass is 292 g/mol. The van der Waals surface area contributed by atoms with Crippen molar-refractivity contribution >= 4 is 35.0 Å². The third-order valence-corrected chi connectivity index (χ3v) is 3.39. The van der Waals surface area contributed by atoms with Crippen LogP contribution in [0.4, 0.5) is 8.78 Å². The van der Waals surface area contributed by atoms with E-state index in [9.17, 15) is 8.78 Å². The standard InChI is InChI=1S/C10H4Cl2F2N2S/c11-6-4-15-10(12)16-9(6)17-8-3-5(13)1-2-7(8)14/h1-4H. The van der Waals surface area contributed by atoms with Gasteiger partial charge in [0.05, 0.1) is 16.1 Å². The van der Waals surface area contributed by atoms with Crippen LogP contribution in [0.2, 0.25) is 10.3 Å². The third-order valence-electron chi connectivity index (χ3n) is 1.78. The summed E-state index contributed by atoms with van der Waals surface area (Å²) in [7, 11) is 0. The van der Waals surface area contributed by atoms with Gasteiger partial charge in [-0.2, -0.15) is 0 Å². The van der Waals surface area contributed by atoms with E-state index in [1.165, 1.54) is 6.20 Å². The fourth-order valence-electron chi connectivity index (χ4n) is 1.06. The molecule has 2 aromatic rings. The summed E-state index contributed by atoms with van der Waals surface area (Å²) in [5, 5.41) is 0.493. The van der Waals surface area contributed by atoms with Crippen molar-refractivity contribution in [2.45, 2.75) is 9.92 Å². The van der Waals surface area contributed by atoms with Crippen molar-refractivity contribution in [2.75, 3.05) is 0 Å². The number of hydrogen-bond donors (Lipinski definition) is 0. The molecular weight excluding hydrogens is 289 g/mol. The maximum absolute atomic E-state index is 13.4. The summed E-state index contributed by atoms with van der Waals surface area (Å²) in [5.74, 6) is -1.09. The summed E-state index contributed by atoms with van der Waals surface area (Å²) in [6, 6.07) is 3.13. The Balaban J connectivity index is 2.37. The number of nitrogens with zero attached hydrogens (tertiary/aromatic N) is 2. The molecule has 0 N–H and O–H groups in total. The summed E-state index contributed by atoms with van der Waals surface area (Å²) < 4.78 is 26.3. The van der Waals surface area contributed by atoms with Crippen LogP contribution < -0.4 is 0 Å². The summed E-state index contributed by atoms with van der Waals surface area (Å²) in [6.07, 6.45) is 1.30. The lowest BCUT2D eigenvalue weighted by Crippen LogP contribution is -1.89. The molecule has 1 aromatic heterocycles. The first-order valence-electron chi connectivity index (χ1n) is 4.37. The molecule has 0 radical (unpaired) electrons. The van der Waals surface area contributed by atoms with Crippen molar-refractivity contribution in [3.63, 3.8) is 0 Å². The smallest absolute Gasteiger partial charge is 0.223 e. The molecule has 17 heavy (non-hydrogen) atoms. The van der Waals surface area contributed by atoms with Crippen LogP contribution in [-0.2, 0) is 0 Å². The van der Waals surface area contributed by atoms with E-state index >= 15 is 0 Å². The van der Waals surface area contributed by atoms with E-state index in [1.54, 1.807) is 0 Å². The van der Waals surface area contributed by atoms with Gasteiger partial charge in [0.2, 0.25) is 5.28 Å². The third kappa shape index (κ3) is 3.06. The Morgan fingerprint density at radius 1 is 1.18 bits per heavy atom. The first kappa shape index (κ1) is 12.5. The molecule has 88 valence electrons. The largest absolute Gasteiger partial charge is 0.225 e. The zero-order valence-corrected chi connectivity index (χ0v) is 10.5. The molecule has 0 unspecified atom stereocenters. The molecule has 0 aliphatic carbocycles. The van der Waals surface area contributed by atoms with Gasteiger partial charge in [0.15, 0.2) is 0 Å². The SMILES string of the molecule is Fc1ccc(F)c(Sc2nc(Cl)ncc2Cl)c1. The molecule has 1 aromatic carbocycles. The maximum Gasteiger partial charge on any atom is 0.223 e. The first-order valence-corrected chi connectivity index (χ1v) is 5.94. The molecule has 2 rings (SSSR count). The van der Waals surface area contributed by atoms with Crippen molar-refractivity contribution in [3.8, 4) is 0 Å². The highest BCUT2D eigenvalue weighted by atomic mass is 35.5. The lowest BCUT2D eigenvalue weighted by Gasteiger charge is -2.04. The van der Waals surface area contributed by atoms with Gasteiger partial charge in [-0.3, -0.25) is 0 Å². The van der Waals surface area contributed by atoms with Gasteiger partial charge >= 0.3 is 0 Å². The van der Waals surface area contributed by atoms with Gasteiger partial charge in [-0.15, -0.1) is 0 Å². The van der Waals surface area contributed by atoms with Crippen LogP contribution in [0.1, 0.15) is 0 Å². The molecule has 0 aliphatic rings. The Bertz CT molecular complexity index is 516. The van der Waals surface area contributed by atoms with Crippen molar-refractivity contribution in [2.24, 2.45) is 0 Å². The Morgan fingerprint density at radius 3 is 2.71 bits per heavy atom. The quantitative estimate of drug-likeness (QED) is 0.612. The molecule has 0 spiro atoms. The van der Waals surface area contributed by atoms with Crippen LogP contribution in [0.15, 0.2) is 34.3 Å². The zero-order valence-electron chi connectivity index (χ0n) is 8.12. The lowest BCUT2D eigenvalue weighted by atomic mass is 10.3. The van der Waals surface area contributed by atoms with Gasteiger partial charge < -0.3 is 0 Å². The van der Waals surface area contributed by atoms with Crippen LogP contribution in [-0.4, -0.2) is 9.97 Å². The molecule has 0 bridgehead atoms. The zero-order chi connectivity index (χ0) is 12.4. The van der Waals surface area contributed by atoms with Crippen molar-refractivity contribution in [3.05, 3.63) is 46.3 Å². The van der Waals surface area contributed by atoms with Crippen LogP contribution >= 0.6 is 35.0 Å². The predicted octanol–water partition coefficient (Wildman–Crippen LogP) is 4.21. The van der Waals surface area contributed by atoms with Crippen LogP contribution in [0.25, 0.3) is 0 Å². The van der Waals surface area contributed by atoms with E-state index in [0.717, 1.165) is 30.0 Å². The minimum absolute atomic E-state index is 0.00582. The van der Waals surface area contributed by atoms with Crippen molar-refractivity contribution in [1.29, 1.82) is 0 Å². The average Bonchev–Trinajstić information content (AvgIpc) is 2.28. The second kappa shape index (κ2) is 5.16. The second-order valence-corrected chi connectivity index (χ2v) is 4.74. The molecule has 0 saturated carbocycles. The van der Waals surface area contributed by atoms with Gasteiger partial charge in [-0.25, -0.2) is 18.7 Å². The van der Waals surface area contributed by atoms with Crippen LogP contribution in [0.3, 0.4) is 0 Å². The van der Waals surface area contributed by atoms with Crippen LogP contribution in [0, 0.1) is 11.6 Å². The molecule has 2 nitrogen and oxygen atoms in total. The van der Waals surface area contributed by atoms with Crippen molar-refractivity contribution in [1.82, 2.24) is 9.97 Å². The molecule has 0 saturated heterocycles. The van der Waals surface area contributed by atoms with Gasteiger partial charge in [0.25, 0.3) is 0 Å². The van der Waals surface area contributed by atoms with E-state index in [1.807, 2.05) is 0 Å². The Labute approximate surface area is 110 Å². The predicted molar refractivity (Wildman–Crippen MR) is 62.5 cm³/mol. The van der Waals surface area contributed by atoms with E-state index in [0.29, 0.717) is 0 Å². The van der Waals surface area contributed by atoms with E-state index in [-0.39, 0.29) is 20.2 Å². The van der Waals surface area contributed by atoms with Gasteiger partial charge in [-0.1, -0.05) is 23.4 Å². The minimum Gasteiger partial charge on any atom is -0.225 e. The molecule has 0 atom stereocenters. The van der Waals surface area contributed by atoms with Gasteiger partial charge in [0, 0.05) is 0 Å². The van der Waals surface area contributed by atoms with E-state index in [2.05, 4.69) is 9.97 Å². The second-order valence-electron chi connectivity index (χ2n) is 2.97.